The van der Waals surface area contributed by atoms with Crippen molar-refractivity contribution in [2.45, 2.75) is 0 Å². The largest absolute Gasteiger partial charge is 0.378 e. The molecule has 7 nitrogen and oxygen atoms in total. The number of anilines is 2. The number of fused-ring (bicyclic) bond motifs is 2. The van der Waals surface area contributed by atoms with Gasteiger partial charge in [0.2, 0.25) is 0 Å². The highest BCUT2D eigenvalue weighted by molar-refractivity contribution is 7.16. The molecule has 0 unspecified atom stereocenters. The molecule has 0 radical (unpaired) electrons. The summed E-state index contributed by atoms with van der Waals surface area (Å²) in [5.74, 6) is -0.0541. The minimum atomic E-state index is -0.0541. The van der Waals surface area contributed by atoms with E-state index >= 15 is 0 Å². The first-order valence-electron chi connectivity index (χ1n) is 11.1. The van der Waals surface area contributed by atoms with Crippen molar-refractivity contribution in [2.24, 2.45) is 0 Å². The fourth-order valence-electron chi connectivity index (χ4n) is 4.15. The van der Waals surface area contributed by atoms with Crippen LogP contribution in [-0.4, -0.2) is 52.1 Å². The number of aromatic nitrogens is 3. The lowest BCUT2D eigenvalue weighted by Crippen LogP contribution is -2.41. The van der Waals surface area contributed by atoms with Crippen LogP contribution in [0.4, 0.5) is 11.4 Å². The van der Waals surface area contributed by atoms with E-state index in [-0.39, 0.29) is 5.91 Å². The van der Waals surface area contributed by atoms with E-state index in [0.717, 1.165) is 38.9 Å². The van der Waals surface area contributed by atoms with Gasteiger partial charge < -0.3 is 15.0 Å². The van der Waals surface area contributed by atoms with Crippen molar-refractivity contribution in [1.29, 1.82) is 0 Å². The maximum Gasteiger partial charge on any atom is 0.272 e. The third-order valence-electron chi connectivity index (χ3n) is 5.97. The van der Waals surface area contributed by atoms with Crippen molar-refractivity contribution < 1.29 is 9.53 Å². The van der Waals surface area contributed by atoms with Crippen LogP contribution in [0.5, 0.6) is 0 Å². The second kappa shape index (κ2) is 8.81. The van der Waals surface area contributed by atoms with E-state index in [1.54, 1.807) is 34.7 Å². The van der Waals surface area contributed by atoms with Crippen LogP contribution in [0.15, 0.2) is 72.5 Å². The van der Waals surface area contributed by atoms with E-state index in [2.05, 4.69) is 50.6 Å². The summed E-state index contributed by atoms with van der Waals surface area (Å²) in [4.78, 5) is 27.8. The van der Waals surface area contributed by atoms with Crippen molar-refractivity contribution >= 4 is 49.7 Å². The number of nitrogens with one attached hydrogen (secondary N) is 1. The molecule has 0 bridgehead atoms. The lowest BCUT2D eigenvalue weighted by Gasteiger charge is -2.26. The van der Waals surface area contributed by atoms with Crippen LogP contribution in [0, 0.1) is 0 Å². The van der Waals surface area contributed by atoms with Crippen LogP contribution in [-0.2, 0) is 4.74 Å². The van der Waals surface area contributed by atoms with E-state index in [1.165, 1.54) is 4.70 Å². The van der Waals surface area contributed by atoms with E-state index < -0.39 is 0 Å². The van der Waals surface area contributed by atoms with Gasteiger partial charge in [0.1, 0.15) is 5.69 Å². The predicted molar refractivity (Wildman–Crippen MR) is 135 cm³/mol. The lowest BCUT2D eigenvalue weighted by molar-refractivity contribution is 0.0299. The predicted octanol–water partition coefficient (Wildman–Crippen LogP) is 5.12. The Morgan fingerprint density at radius 3 is 2.65 bits per heavy atom. The van der Waals surface area contributed by atoms with Gasteiger partial charge in [-0.3, -0.25) is 14.8 Å². The Hall–Kier alpha value is -3.88. The molecule has 168 valence electrons. The molecule has 5 aromatic rings. The quantitative estimate of drug-likeness (QED) is 0.395. The topological polar surface area (TPSA) is 80.2 Å². The maximum absolute atomic E-state index is 12.7. The number of thiazole rings is 1. The van der Waals surface area contributed by atoms with E-state index in [1.807, 2.05) is 23.7 Å². The number of carbonyl (C=O) groups excluding carboxylic acids is 1. The Morgan fingerprint density at radius 1 is 0.912 bits per heavy atom. The van der Waals surface area contributed by atoms with Gasteiger partial charge in [-0.1, -0.05) is 18.2 Å². The summed E-state index contributed by atoms with van der Waals surface area (Å²) in [7, 11) is 0. The summed E-state index contributed by atoms with van der Waals surface area (Å²) < 4.78 is 6.49. The van der Waals surface area contributed by atoms with Crippen LogP contribution in [0.3, 0.4) is 0 Å². The number of ether oxygens (including phenoxy) is 1. The second-order valence-corrected chi connectivity index (χ2v) is 8.97. The van der Waals surface area contributed by atoms with Gasteiger partial charge >= 0.3 is 0 Å². The molecule has 0 aliphatic carbocycles. The van der Waals surface area contributed by atoms with Crippen LogP contribution in [0.2, 0.25) is 0 Å². The standard InChI is InChI=1S/C26H21N5O2S/c32-26(31-9-11-33-12-10-31)22-5-2-18(15-28-22)17-1-4-20-21(7-8-27-23(20)13-17)30-19-3-6-25-24(14-19)29-16-34-25/h1-8,13-16H,9-12H2,(H,27,30). The van der Waals surface area contributed by atoms with Crippen LogP contribution >= 0.6 is 11.3 Å². The summed E-state index contributed by atoms with van der Waals surface area (Å²) in [6, 6.07) is 18.1. The van der Waals surface area contributed by atoms with Crippen molar-refractivity contribution in [3.8, 4) is 11.1 Å². The van der Waals surface area contributed by atoms with Gasteiger partial charge in [0, 0.05) is 47.8 Å². The first kappa shape index (κ1) is 20.7. The third-order valence-corrected chi connectivity index (χ3v) is 6.78. The number of nitrogens with zero attached hydrogens (tertiary/aromatic N) is 4. The lowest BCUT2D eigenvalue weighted by atomic mass is 10.0. The maximum atomic E-state index is 12.7. The summed E-state index contributed by atoms with van der Waals surface area (Å²) in [5.41, 5.74) is 8.08. The van der Waals surface area contributed by atoms with E-state index in [9.17, 15) is 4.79 Å². The molecule has 0 spiro atoms. The molecule has 6 rings (SSSR count). The Balaban J connectivity index is 1.26. The molecule has 1 fully saturated rings. The van der Waals surface area contributed by atoms with Gasteiger partial charge in [0.05, 0.1) is 34.5 Å². The minimum Gasteiger partial charge on any atom is -0.378 e. The Labute approximate surface area is 200 Å². The second-order valence-electron chi connectivity index (χ2n) is 8.09. The molecule has 4 heterocycles. The van der Waals surface area contributed by atoms with Gasteiger partial charge in [-0.25, -0.2) is 4.98 Å². The fraction of sp³-hybridized carbons (Fsp3) is 0.154. The molecule has 1 N–H and O–H groups in total. The van der Waals surface area contributed by atoms with Gasteiger partial charge in [0.15, 0.2) is 0 Å². The minimum absolute atomic E-state index is 0.0541. The summed E-state index contributed by atoms with van der Waals surface area (Å²) in [6.07, 6.45) is 3.55. The number of hydrogen-bond acceptors (Lipinski definition) is 7. The molecule has 1 aliphatic rings. The SMILES string of the molecule is O=C(c1ccc(-c2ccc3c(Nc4ccc5scnc5c4)ccnc3c2)cn1)N1CCOCC1. The summed E-state index contributed by atoms with van der Waals surface area (Å²) in [6.45, 7) is 2.35. The Kier molecular flexibility index (Phi) is 5.37. The highest BCUT2D eigenvalue weighted by Gasteiger charge is 2.19. The highest BCUT2D eigenvalue weighted by Crippen LogP contribution is 2.30. The molecule has 0 atom stereocenters. The molecule has 1 saturated heterocycles. The first-order valence-corrected chi connectivity index (χ1v) is 11.9. The molecule has 8 heteroatoms. The smallest absolute Gasteiger partial charge is 0.272 e. The highest BCUT2D eigenvalue weighted by atomic mass is 32.1. The average Bonchev–Trinajstić information content (AvgIpc) is 3.37. The summed E-state index contributed by atoms with van der Waals surface area (Å²) >= 11 is 1.63. The Bertz CT molecular complexity index is 1490. The molecule has 0 saturated carbocycles. The van der Waals surface area contributed by atoms with Crippen molar-refractivity contribution in [3.05, 3.63) is 78.2 Å². The number of rotatable bonds is 4. The monoisotopic (exact) mass is 467 g/mol. The zero-order chi connectivity index (χ0) is 22.9. The molecule has 1 amide bonds. The van der Waals surface area contributed by atoms with Crippen molar-refractivity contribution in [2.75, 3.05) is 31.6 Å². The molecular weight excluding hydrogens is 446 g/mol. The molecule has 3 aromatic heterocycles. The Morgan fingerprint density at radius 2 is 1.79 bits per heavy atom. The number of hydrogen-bond donors (Lipinski definition) is 1. The number of benzene rings is 2. The number of pyridine rings is 2. The van der Waals surface area contributed by atoms with Gasteiger partial charge in [-0.15, -0.1) is 11.3 Å². The molecule has 1 aliphatic heterocycles. The zero-order valence-electron chi connectivity index (χ0n) is 18.3. The third kappa shape index (κ3) is 3.98. The zero-order valence-corrected chi connectivity index (χ0v) is 19.1. The molecular formula is C26H21N5O2S. The first-order chi connectivity index (χ1) is 16.7. The van der Waals surface area contributed by atoms with Crippen LogP contribution < -0.4 is 5.32 Å². The number of amides is 1. The summed E-state index contributed by atoms with van der Waals surface area (Å²) in [5, 5.41) is 4.53. The van der Waals surface area contributed by atoms with Crippen LogP contribution in [0.1, 0.15) is 10.5 Å². The average molecular weight is 468 g/mol. The van der Waals surface area contributed by atoms with Gasteiger partial charge in [0.25, 0.3) is 5.91 Å². The van der Waals surface area contributed by atoms with E-state index in [0.29, 0.717) is 32.0 Å². The number of morpholine rings is 1. The molecule has 2 aromatic carbocycles. The van der Waals surface area contributed by atoms with Crippen LogP contribution in [0.25, 0.3) is 32.2 Å². The fourth-order valence-corrected chi connectivity index (χ4v) is 4.81. The normalized spacial score (nSPS) is 13.9. The number of carbonyl (C=O) groups is 1. The van der Waals surface area contributed by atoms with E-state index in [4.69, 9.17) is 4.74 Å². The molecule has 34 heavy (non-hydrogen) atoms. The van der Waals surface area contributed by atoms with Gasteiger partial charge in [-0.05, 0) is 42.0 Å². The van der Waals surface area contributed by atoms with Crippen molar-refractivity contribution in [3.63, 3.8) is 0 Å². The van der Waals surface area contributed by atoms with Gasteiger partial charge in [-0.2, -0.15) is 0 Å². The van der Waals surface area contributed by atoms with Crippen molar-refractivity contribution in [1.82, 2.24) is 19.9 Å².